The number of aromatic nitrogens is 3. The molecule has 2 saturated heterocycles. The average Bonchev–Trinajstić information content (AvgIpc) is 2.69. The van der Waals surface area contributed by atoms with Crippen molar-refractivity contribution in [2.24, 2.45) is 0 Å². The Hall–Kier alpha value is -2.73. The van der Waals surface area contributed by atoms with Crippen molar-refractivity contribution in [3.63, 3.8) is 0 Å². The maximum absolute atomic E-state index is 5.60. The van der Waals surface area contributed by atoms with Gasteiger partial charge in [0.2, 0.25) is 5.95 Å². The number of rotatable bonds is 3. The molecule has 0 aliphatic carbocycles. The second-order valence-electron chi connectivity index (χ2n) is 7.69. The molecule has 0 spiro atoms. The summed E-state index contributed by atoms with van der Waals surface area (Å²) < 4.78 is 5.60. The van der Waals surface area contributed by atoms with Crippen molar-refractivity contribution >= 4 is 22.8 Å². The molecule has 0 amide bonds. The van der Waals surface area contributed by atoms with Crippen LogP contribution in [0.25, 0.3) is 11.0 Å². The predicted molar refractivity (Wildman–Crippen MR) is 111 cm³/mol. The molecule has 3 aromatic rings. The lowest BCUT2D eigenvalue weighted by atomic mass is 9.91. The fourth-order valence-corrected chi connectivity index (χ4v) is 4.23. The zero-order valence-electron chi connectivity index (χ0n) is 16.4. The molecule has 4 heterocycles. The number of fused-ring (bicyclic) bond motifs is 1. The first-order valence-electron chi connectivity index (χ1n) is 10.0. The lowest BCUT2D eigenvalue weighted by Gasteiger charge is -2.43. The van der Waals surface area contributed by atoms with Crippen LogP contribution in [0.3, 0.4) is 0 Å². The standard InChI is InChI=1S/C22H25N5O/c1-15-6-3-4-7-17(15)19-9-11-27(19)21-18-8-5-10-23-20(18)24-22(25-21)26-12-13-28-14-16(26)2/h3-8,10,16,19H,9,11-14H2,1-2H3/t16-,19?/m0/s1. The zero-order valence-corrected chi connectivity index (χ0v) is 16.4. The highest BCUT2D eigenvalue weighted by atomic mass is 16.5. The monoisotopic (exact) mass is 375 g/mol. The smallest absolute Gasteiger partial charge is 0.229 e. The van der Waals surface area contributed by atoms with E-state index >= 15 is 0 Å². The molecule has 6 nitrogen and oxygen atoms in total. The van der Waals surface area contributed by atoms with Crippen LogP contribution in [0.4, 0.5) is 11.8 Å². The van der Waals surface area contributed by atoms with Gasteiger partial charge in [-0.15, -0.1) is 0 Å². The van der Waals surface area contributed by atoms with Gasteiger partial charge in [0.15, 0.2) is 5.65 Å². The third kappa shape index (κ3) is 2.88. The molecule has 28 heavy (non-hydrogen) atoms. The minimum absolute atomic E-state index is 0.256. The van der Waals surface area contributed by atoms with Crippen molar-refractivity contribution in [2.45, 2.75) is 32.4 Å². The lowest BCUT2D eigenvalue weighted by molar-refractivity contribution is 0.0981. The van der Waals surface area contributed by atoms with Crippen LogP contribution in [-0.4, -0.2) is 47.3 Å². The van der Waals surface area contributed by atoms with E-state index in [1.165, 1.54) is 11.1 Å². The maximum atomic E-state index is 5.60. The van der Waals surface area contributed by atoms with Crippen LogP contribution >= 0.6 is 0 Å². The highest BCUT2D eigenvalue weighted by Gasteiger charge is 2.34. The summed E-state index contributed by atoms with van der Waals surface area (Å²) in [6.07, 6.45) is 2.94. The molecule has 6 heteroatoms. The third-order valence-corrected chi connectivity index (χ3v) is 5.90. The van der Waals surface area contributed by atoms with Gasteiger partial charge in [0, 0.05) is 19.3 Å². The van der Waals surface area contributed by atoms with Gasteiger partial charge in [-0.1, -0.05) is 24.3 Å². The van der Waals surface area contributed by atoms with Crippen LogP contribution in [-0.2, 0) is 4.74 Å². The van der Waals surface area contributed by atoms with Gasteiger partial charge in [-0.3, -0.25) is 0 Å². The summed E-state index contributed by atoms with van der Waals surface area (Å²) in [6, 6.07) is 13.3. The molecule has 0 radical (unpaired) electrons. The Morgan fingerprint density at radius 2 is 1.93 bits per heavy atom. The van der Waals surface area contributed by atoms with Crippen molar-refractivity contribution in [1.29, 1.82) is 0 Å². The first kappa shape index (κ1) is 17.4. The number of pyridine rings is 1. The Bertz CT molecular complexity index is 1010. The molecule has 1 aromatic carbocycles. The number of benzene rings is 1. The highest BCUT2D eigenvalue weighted by molar-refractivity contribution is 5.88. The summed E-state index contributed by atoms with van der Waals surface area (Å²) in [7, 11) is 0. The van der Waals surface area contributed by atoms with E-state index < -0.39 is 0 Å². The van der Waals surface area contributed by atoms with E-state index in [9.17, 15) is 0 Å². The summed E-state index contributed by atoms with van der Waals surface area (Å²) in [5.41, 5.74) is 3.47. The van der Waals surface area contributed by atoms with Crippen LogP contribution < -0.4 is 9.80 Å². The summed E-state index contributed by atoms with van der Waals surface area (Å²) >= 11 is 0. The number of anilines is 2. The number of nitrogens with zero attached hydrogens (tertiary/aromatic N) is 5. The van der Waals surface area contributed by atoms with Gasteiger partial charge in [0.05, 0.1) is 30.7 Å². The Balaban J connectivity index is 1.59. The van der Waals surface area contributed by atoms with Crippen LogP contribution in [0.1, 0.15) is 30.5 Å². The van der Waals surface area contributed by atoms with Gasteiger partial charge in [-0.05, 0) is 43.5 Å². The molecule has 144 valence electrons. The first-order valence-corrected chi connectivity index (χ1v) is 10.0. The molecule has 2 aliphatic rings. The number of aryl methyl sites for hydroxylation is 1. The predicted octanol–water partition coefficient (Wildman–Crippen LogP) is 3.51. The van der Waals surface area contributed by atoms with E-state index in [0.717, 1.165) is 42.3 Å². The van der Waals surface area contributed by atoms with Crippen molar-refractivity contribution in [3.8, 4) is 0 Å². The molecule has 2 fully saturated rings. The normalized spacial score (nSPS) is 22.4. The van der Waals surface area contributed by atoms with Gasteiger partial charge >= 0.3 is 0 Å². The quantitative estimate of drug-likeness (QED) is 0.698. The van der Waals surface area contributed by atoms with Gasteiger partial charge in [-0.2, -0.15) is 9.97 Å². The van der Waals surface area contributed by atoms with Crippen LogP contribution in [0, 0.1) is 6.92 Å². The number of hydrogen-bond donors (Lipinski definition) is 0. The zero-order chi connectivity index (χ0) is 19.1. The number of morpholine rings is 1. The summed E-state index contributed by atoms with van der Waals surface area (Å²) in [5.74, 6) is 1.75. The van der Waals surface area contributed by atoms with Gasteiger partial charge in [0.25, 0.3) is 0 Å². The van der Waals surface area contributed by atoms with Crippen LogP contribution in [0.2, 0.25) is 0 Å². The minimum atomic E-state index is 0.256. The Labute approximate surface area is 165 Å². The molecule has 2 aromatic heterocycles. The van der Waals surface area contributed by atoms with E-state index in [4.69, 9.17) is 14.7 Å². The van der Waals surface area contributed by atoms with E-state index in [0.29, 0.717) is 19.3 Å². The first-order chi connectivity index (χ1) is 13.7. The Morgan fingerprint density at radius 3 is 2.71 bits per heavy atom. The Kier molecular flexibility index (Phi) is 4.36. The van der Waals surface area contributed by atoms with Crippen molar-refractivity contribution in [3.05, 3.63) is 53.7 Å². The molecule has 2 atom stereocenters. The van der Waals surface area contributed by atoms with E-state index in [-0.39, 0.29) is 6.04 Å². The maximum Gasteiger partial charge on any atom is 0.229 e. The van der Waals surface area contributed by atoms with Crippen LogP contribution in [0.15, 0.2) is 42.6 Å². The van der Waals surface area contributed by atoms with Gasteiger partial charge in [-0.25, -0.2) is 4.98 Å². The SMILES string of the molecule is Cc1ccccc1C1CCN1c1nc(N2CCOC[C@@H]2C)nc2ncccc12. The van der Waals surface area contributed by atoms with E-state index in [1.54, 1.807) is 6.20 Å². The van der Waals surface area contributed by atoms with Gasteiger partial charge < -0.3 is 14.5 Å². The average molecular weight is 375 g/mol. The molecular formula is C22H25N5O. The van der Waals surface area contributed by atoms with Crippen LogP contribution in [0.5, 0.6) is 0 Å². The van der Waals surface area contributed by atoms with Crippen molar-refractivity contribution in [2.75, 3.05) is 36.1 Å². The summed E-state index contributed by atoms with van der Waals surface area (Å²) in [5, 5.41) is 1.02. The third-order valence-electron chi connectivity index (χ3n) is 5.90. The van der Waals surface area contributed by atoms with Gasteiger partial charge in [0.1, 0.15) is 5.82 Å². The number of hydrogen-bond acceptors (Lipinski definition) is 6. The fourth-order valence-electron chi connectivity index (χ4n) is 4.23. The van der Waals surface area contributed by atoms with Crippen molar-refractivity contribution in [1.82, 2.24) is 15.0 Å². The lowest BCUT2D eigenvalue weighted by Crippen LogP contribution is -2.45. The minimum Gasteiger partial charge on any atom is -0.377 e. The second-order valence-corrected chi connectivity index (χ2v) is 7.69. The summed E-state index contributed by atoms with van der Waals surface area (Å²) in [6.45, 7) is 7.56. The molecule has 2 aliphatic heterocycles. The highest BCUT2D eigenvalue weighted by Crippen LogP contribution is 2.41. The largest absolute Gasteiger partial charge is 0.377 e. The number of ether oxygens (including phenoxy) is 1. The Morgan fingerprint density at radius 1 is 1.04 bits per heavy atom. The fraction of sp³-hybridized carbons (Fsp3) is 0.409. The van der Waals surface area contributed by atoms with E-state index in [2.05, 4.69) is 59.0 Å². The summed E-state index contributed by atoms with van der Waals surface area (Å²) in [4.78, 5) is 19.0. The molecule has 0 N–H and O–H groups in total. The second kappa shape index (κ2) is 7.02. The van der Waals surface area contributed by atoms with E-state index in [1.807, 2.05) is 6.07 Å². The molecule has 5 rings (SSSR count). The molecule has 1 unspecified atom stereocenters. The van der Waals surface area contributed by atoms with Crippen molar-refractivity contribution < 1.29 is 4.74 Å². The molecular weight excluding hydrogens is 350 g/mol. The molecule has 0 bridgehead atoms. The topological polar surface area (TPSA) is 54.4 Å². The molecule has 0 saturated carbocycles.